The summed E-state index contributed by atoms with van der Waals surface area (Å²) in [5, 5.41) is 10.2. The van der Waals surface area contributed by atoms with Crippen molar-refractivity contribution in [1.82, 2.24) is 0 Å². The van der Waals surface area contributed by atoms with E-state index in [-0.39, 0.29) is 0 Å². The largest absolute Gasteiger partial charge is 0.497 e. The maximum atomic E-state index is 10.2. The topological polar surface area (TPSA) is 32.7 Å². The summed E-state index contributed by atoms with van der Waals surface area (Å²) in [6.07, 6.45) is 0.299. The number of benzene rings is 2. The SMILES string of the molecule is CCC(O)c1ccccc1N(C)Cc1ccc(OC)cc1. The third-order valence-electron chi connectivity index (χ3n) is 3.67. The van der Waals surface area contributed by atoms with Gasteiger partial charge in [-0.3, -0.25) is 0 Å². The highest BCUT2D eigenvalue weighted by Gasteiger charge is 2.13. The molecule has 2 aromatic carbocycles. The standard InChI is InChI=1S/C18H23NO2/c1-4-18(20)16-7-5-6-8-17(16)19(2)13-14-9-11-15(21-3)12-10-14/h5-12,18,20H,4,13H2,1-3H3. The first-order valence-electron chi connectivity index (χ1n) is 7.26. The summed E-state index contributed by atoms with van der Waals surface area (Å²) < 4.78 is 5.18. The van der Waals surface area contributed by atoms with Gasteiger partial charge in [-0.05, 0) is 30.2 Å². The molecule has 0 fully saturated rings. The lowest BCUT2D eigenvalue weighted by atomic mass is 10.0. The Morgan fingerprint density at radius 1 is 1.10 bits per heavy atom. The minimum absolute atomic E-state index is 0.417. The van der Waals surface area contributed by atoms with Gasteiger partial charge in [0, 0.05) is 24.8 Å². The zero-order valence-electron chi connectivity index (χ0n) is 12.9. The maximum Gasteiger partial charge on any atom is 0.118 e. The van der Waals surface area contributed by atoms with Crippen molar-refractivity contribution >= 4 is 5.69 Å². The van der Waals surface area contributed by atoms with E-state index in [1.807, 2.05) is 44.3 Å². The minimum Gasteiger partial charge on any atom is -0.497 e. The molecule has 1 atom stereocenters. The Kier molecular flexibility index (Phi) is 5.23. The molecule has 0 heterocycles. The molecule has 0 bridgehead atoms. The fraction of sp³-hybridized carbons (Fsp3) is 0.333. The first kappa shape index (κ1) is 15.4. The Hall–Kier alpha value is -2.00. The van der Waals surface area contributed by atoms with Gasteiger partial charge in [-0.15, -0.1) is 0 Å². The fourth-order valence-electron chi connectivity index (χ4n) is 2.43. The molecule has 112 valence electrons. The Labute approximate surface area is 126 Å². The molecule has 0 radical (unpaired) electrons. The van der Waals surface area contributed by atoms with Crippen molar-refractivity contribution in [2.45, 2.75) is 26.0 Å². The zero-order chi connectivity index (χ0) is 15.2. The number of methoxy groups -OCH3 is 1. The number of hydrogen-bond donors (Lipinski definition) is 1. The summed E-state index contributed by atoms with van der Waals surface area (Å²) in [7, 11) is 3.72. The van der Waals surface area contributed by atoms with Crippen LogP contribution in [0.5, 0.6) is 5.75 Å². The molecule has 21 heavy (non-hydrogen) atoms. The molecule has 0 aliphatic heterocycles. The monoisotopic (exact) mass is 285 g/mol. The number of aliphatic hydroxyl groups excluding tert-OH is 1. The van der Waals surface area contributed by atoms with Crippen LogP contribution in [0.25, 0.3) is 0 Å². The molecular weight excluding hydrogens is 262 g/mol. The van der Waals surface area contributed by atoms with Crippen LogP contribution in [0.4, 0.5) is 5.69 Å². The molecule has 0 amide bonds. The summed E-state index contributed by atoms with van der Waals surface area (Å²) in [4.78, 5) is 2.16. The zero-order valence-corrected chi connectivity index (χ0v) is 12.9. The van der Waals surface area contributed by atoms with E-state index in [1.54, 1.807) is 7.11 Å². The van der Waals surface area contributed by atoms with Gasteiger partial charge in [0.1, 0.15) is 5.75 Å². The van der Waals surface area contributed by atoms with Gasteiger partial charge in [0.25, 0.3) is 0 Å². The first-order chi connectivity index (χ1) is 10.2. The molecule has 2 aromatic rings. The molecule has 0 saturated carbocycles. The Bertz CT molecular complexity index is 566. The predicted molar refractivity (Wildman–Crippen MR) is 86.8 cm³/mol. The minimum atomic E-state index is -0.417. The van der Waals surface area contributed by atoms with Gasteiger partial charge < -0.3 is 14.7 Å². The summed E-state index contributed by atoms with van der Waals surface area (Å²) in [6, 6.07) is 16.1. The van der Waals surface area contributed by atoms with Crippen LogP contribution >= 0.6 is 0 Å². The highest BCUT2D eigenvalue weighted by Crippen LogP contribution is 2.28. The van der Waals surface area contributed by atoms with Crippen molar-refractivity contribution in [2.75, 3.05) is 19.1 Å². The normalized spacial score (nSPS) is 12.0. The highest BCUT2D eigenvalue weighted by atomic mass is 16.5. The lowest BCUT2D eigenvalue weighted by molar-refractivity contribution is 0.174. The van der Waals surface area contributed by atoms with E-state index in [4.69, 9.17) is 4.74 Å². The number of rotatable bonds is 6. The van der Waals surface area contributed by atoms with Crippen molar-refractivity contribution in [3.63, 3.8) is 0 Å². The van der Waals surface area contributed by atoms with E-state index in [0.717, 1.165) is 23.5 Å². The second-order valence-electron chi connectivity index (χ2n) is 5.19. The van der Waals surface area contributed by atoms with E-state index in [9.17, 15) is 5.11 Å². The van der Waals surface area contributed by atoms with E-state index >= 15 is 0 Å². The van der Waals surface area contributed by atoms with Crippen LogP contribution < -0.4 is 9.64 Å². The predicted octanol–water partition coefficient (Wildman–Crippen LogP) is 3.78. The summed E-state index contributed by atoms with van der Waals surface area (Å²) >= 11 is 0. The summed E-state index contributed by atoms with van der Waals surface area (Å²) in [6.45, 7) is 2.78. The van der Waals surface area contributed by atoms with E-state index in [2.05, 4.69) is 23.1 Å². The lowest BCUT2D eigenvalue weighted by Gasteiger charge is -2.24. The maximum absolute atomic E-state index is 10.2. The summed E-state index contributed by atoms with van der Waals surface area (Å²) in [5.41, 5.74) is 3.26. The third kappa shape index (κ3) is 3.76. The average molecular weight is 285 g/mol. The molecule has 1 unspecified atom stereocenters. The van der Waals surface area contributed by atoms with Crippen LogP contribution in [0.2, 0.25) is 0 Å². The molecule has 1 N–H and O–H groups in total. The van der Waals surface area contributed by atoms with E-state index in [1.165, 1.54) is 5.56 Å². The highest BCUT2D eigenvalue weighted by molar-refractivity contribution is 5.54. The number of hydrogen-bond acceptors (Lipinski definition) is 3. The van der Waals surface area contributed by atoms with Crippen LogP contribution in [0.1, 0.15) is 30.6 Å². The molecular formula is C18H23NO2. The van der Waals surface area contributed by atoms with Gasteiger partial charge in [0.15, 0.2) is 0 Å². The second kappa shape index (κ2) is 7.14. The lowest BCUT2D eigenvalue weighted by Crippen LogP contribution is -2.18. The molecule has 0 aromatic heterocycles. The molecule has 0 aliphatic carbocycles. The van der Waals surface area contributed by atoms with Crippen molar-refractivity contribution in [3.05, 3.63) is 59.7 Å². The number of ether oxygens (including phenoxy) is 1. The van der Waals surface area contributed by atoms with Crippen LogP contribution in [-0.4, -0.2) is 19.3 Å². The molecule has 2 rings (SSSR count). The van der Waals surface area contributed by atoms with Crippen molar-refractivity contribution < 1.29 is 9.84 Å². The number of para-hydroxylation sites is 1. The fourth-order valence-corrected chi connectivity index (χ4v) is 2.43. The van der Waals surface area contributed by atoms with E-state index < -0.39 is 6.10 Å². The Morgan fingerprint density at radius 3 is 2.38 bits per heavy atom. The van der Waals surface area contributed by atoms with Gasteiger partial charge in [0.05, 0.1) is 13.2 Å². The average Bonchev–Trinajstić information content (AvgIpc) is 2.54. The Balaban J connectivity index is 2.17. The van der Waals surface area contributed by atoms with Crippen LogP contribution in [0, 0.1) is 0 Å². The van der Waals surface area contributed by atoms with Gasteiger partial charge >= 0.3 is 0 Å². The molecule has 3 heteroatoms. The number of aliphatic hydroxyl groups is 1. The molecule has 0 spiro atoms. The number of anilines is 1. The first-order valence-corrected chi connectivity index (χ1v) is 7.26. The van der Waals surface area contributed by atoms with Gasteiger partial charge in [-0.25, -0.2) is 0 Å². The Morgan fingerprint density at radius 2 is 1.76 bits per heavy atom. The van der Waals surface area contributed by atoms with Crippen molar-refractivity contribution in [2.24, 2.45) is 0 Å². The smallest absolute Gasteiger partial charge is 0.118 e. The molecule has 0 aliphatic rings. The van der Waals surface area contributed by atoms with Crippen LogP contribution in [0.15, 0.2) is 48.5 Å². The van der Waals surface area contributed by atoms with Crippen LogP contribution in [0.3, 0.4) is 0 Å². The second-order valence-corrected chi connectivity index (χ2v) is 5.19. The number of nitrogens with zero attached hydrogens (tertiary/aromatic N) is 1. The summed E-state index contributed by atoms with van der Waals surface area (Å²) in [5.74, 6) is 0.864. The van der Waals surface area contributed by atoms with Gasteiger partial charge in [0.2, 0.25) is 0 Å². The van der Waals surface area contributed by atoms with Crippen molar-refractivity contribution in [1.29, 1.82) is 0 Å². The van der Waals surface area contributed by atoms with Crippen LogP contribution in [-0.2, 0) is 6.54 Å². The van der Waals surface area contributed by atoms with Gasteiger partial charge in [-0.1, -0.05) is 37.3 Å². The van der Waals surface area contributed by atoms with Crippen molar-refractivity contribution in [3.8, 4) is 5.75 Å². The quantitative estimate of drug-likeness (QED) is 0.877. The molecule has 3 nitrogen and oxygen atoms in total. The van der Waals surface area contributed by atoms with E-state index in [0.29, 0.717) is 6.42 Å². The third-order valence-corrected chi connectivity index (χ3v) is 3.67. The van der Waals surface area contributed by atoms with Gasteiger partial charge in [-0.2, -0.15) is 0 Å². The molecule has 0 saturated heterocycles.